The van der Waals surface area contributed by atoms with Gasteiger partial charge in [0.15, 0.2) is 0 Å². The Morgan fingerprint density at radius 3 is 2.61 bits per heavy atom. The molecule has 0 fully saturated rings. The van der Waals surface area contributed by atoms with Gasteiger partial charge in [-0.05, 0) is 46.1 Å². The van der Waals surface area contributed by atoms with Crippen LogP contribution in [0.25, 0.3) is 0 Å². The Labute approximate surface area is 144 Å². The van der Waals surface area contributed by atoms with E-state index in [1.807, 2.05) is 49.4 Å². The standard InChI is InChI=1S/C18H18BrNO3/c1-13-8-9-16(15(19)10-13)23-17(18(21)22-2)12-20-11-14-6-4-3-5-7-14/h3-10,12,20H,11H2,1-2H3/b17-12+. The summed E-state index contributed by atoms with van der Waals surface area (Å²) in [5.74, 6) is 0.0970. The van der Waals surface area contributed by atoms with Crippen LogP contribution in [0.3, 0.4) is 0 Å². The first kappa shape index (κ1) is 17.1. The van der Waals surface area contributed by atoms with E-state index in [2.05, 4.69) is 21.2 Å². The van der Waals surface area contributed by atoms with E-state index in [0.717, 1.165) is 15.6 Å². The minimum absolute atomic E-state index is 0.0907. The van der Waals surface area contributed by atoms with Crippen molar-refractivity contribution in [3.05, 3.63) is 76.1 Å². The summed E-state index contributed by atoms with van der Waals surface area (Å²) in [6.07, 6.45) is 1.52. The first-order valence-corrected chi connectivity index (χ1v) is 7.89. The molecule has 0 unspecified atom stereocenters. The first-order chi connectivity index (χ1) is 11.1. The predicted molar refractivity (Wildman–Crippen MR) is 92.9 cm³/mol. The Morgan fingerprint density at radius 1 is 1.22 bits per heavy atom. The van der Waals surface area contributed by atoms with Crippen molar-refractivity contribution in [1.82, 2.24) is 5.32 Å². The molecule has 0 saturated heterocycles. The van der Waals surface area contributed by atoms with Gasteiger partial charge in [0.25, 0.3) is 0 Å². The number of methoxy groups -OCH3 is 1. The minimum Gasteiger partial charge on any atom is -0.463 e. The summed E-state index contributed by atoms with van der Waals surface area (Å²) in [6.45, 7) is 2.56. The summed E-state index contributed by atoms with van der Waals surface area (Å²) >= 11 is 3.43. The highest BCUT2D eigenvalue weighted by Crippen LogP contribution is 2.27. The number of hydrogen-bond donors (Lipinski definition) is 1. The van der Waals surface area contributed by atoms with E-state index in [4.69, 9.17) is 9.47 Å². The number of benzene rings is 2. The Balaban J connectivity index is 2.10. The fourth-order valence-corrected chi connectivity index (χ4v) is 2.47. The van der Waals surface area contributed by atoms with Crippen LogP contribution >= 0.6 is 15.9 Å². The minimum atomic E-state index is -0.543. The molecule has 5 heteroatoms. The highest BCUT2D eigenvalue weighted by Gasteiger charge is 2.14. The molecule has 0 aromatic heterocycles. The second-order valence-electron chi connectivity index (χ2n) is 4.90. The van der Waals surface area contributed by atoms with Crippen molar-refractivity contribution in [2.24, 2.45) is 0 Å². The van der Waals surface area contributed by atoms with E-state index in [-0.39, 0.29) is 5.76 Å². The Kier molecular flexibility index (Phi) is 6.23. The lowest BCUT2D eigenvalue weighted by atomic mass is 10.2. The molecule has 0 bridgehead atoms. The van der Waals surface area contributed by atoms with Crippen molar-refractivity contribution in [2.75, 3.05) is 7.11 Å². The van der Waals surface area contributed by atoms with Crippen LogP contribution in [0.15, 0.2) is 65.0 Å². The van der Waals surface area contributed by atoms with Crippen molar-refractivity contribution in [2.45, 2.75) is 13.5 Å². The zero-order valence-electron chi connectivity index (χ0n) is 13.0. The largest absolute Gasteiger partial charge is 0.463 e. The molecule has 2 aromatic rings. The lowest BCUT2D eigenvalue weighted by molar-refractivity contribution is -0.138. The van der Waals surface area contributed by atoms with Gasteiger partial charge in [0.1, 0.15) is 5.75 Å². The monoisotopic (exact) mass is 375 g/mol. The van der Waals surface area contributed by atoms with Crippen molar-refractivity contribution < 1.29 is 14.3 Å². The molecule has 1 N–H and O–H groups in total. The van der Waals surface area contributed by atoms with Crippen LogP contribution in [0.1, 0.15) is 11.1 Å². The summed E-state index contributed by atoms with van der Waals surface area (Å²) < 4.78 is 11.2. The van der Waals surface area contributed by atoms with Crippen molar-refractivity contribution in [3.8, 4) is 5.75 Å². The third kappa shape index (κ3) is 5.14. The van der Waals surface area contributed by atoms with Crippen LogP contribution in [0.5, 0.6) is 5.75 Å². The van der Waals surface area contributed by atoms with Gasteiger partial charge in [-0.3, -0.25) is 0 Å². The molecule has 120 valence electrons. The van der Waals surface area contributed by atoms with E-state index < -0.39 is 5.97 Å². The molecule has 0 amide bonds. The third-order valence-electron chi connectivity index (χ3n) is 3.08. The summed E-state index contributed by atoms with van der Waals surface area (Å²) in [4.78, 5) is 11.9. The topological polar surface area (TPSA) is 47.6 Å². The fourth-order valence-electron chi connectivity index (χ4n) is 1.90. The molecule has 2 aromatic carbocycles. The number of carbonyl (C=O) groups excluding carboxylic acids is 1. The molecule has 2 rings (SSSR count). The molecule has 0 saturated carbocycles. The summed E-state index contributed by atoms with van der Waals surface area (Å²) in [6, 6.07) is 15.5. The quantitative estimate of drug-likeness (QED) is 0.471. The molecular formula is C18H18BrNO3. The van der Waals surface area contributed by atoms with Gasteiger partial charge >= 0.3 is 5.97 Å². The van der Waals surface area contributed by atoms with Crippen molar-refractivity contribution >= 4 is 21.9 Å². The number of carbonyl (C=O) groups is 1. The number of ether oxygens (including phenoxy) is 2. The molecule has 0 radical (unpaired) electrons. The van der Waals surface area contributed by atoms with Crippen molar-refractivity contribution in [3.63, 3.8) is 0 Å². The Bertz CT molecular complexity index is 699. The molecule has 23 heavy (non-hydrogen) atoms. The van der Waals surface area contributed by atoms with E-state index in [1.54, 1.807) is 6.07 Å². The van der Waals surface area contributed by atoms with E-state index in [9.17, 15) is 4.79 Å². The first-order valence-electron chi connectivity index (χ1n) is 7.10. The Morgan fingerprint density at radius 2 is 1.96 bits per heavy atom. The zero-order valence-corrected chi connectivity index (χ0v) is 14.6. The van der Waals surface area contributed by atoms with E-state index >= 15 is 0 Å². The van der Waals surface area contributed by atoms with Crippen LogP contribution in [0, 0.1) is 6.92 Å². The molecule has 0 atom stereocenters. The van der Waals surface area contributed by atoms with Crippen LogP contribution < -0.4 is 10.1 Å². The lowest BCUT2D eigenvalue weighted by Crippen LogP contribution is -2.16. The van der Waals surface area contributed by atoms with Gasteiger partial charge in [0, 0.05) is 12.7 Å². The van der Waals surface area contributed by atoms with Gasteiger partial charge in [0.2, 0.25) is 5.76 Å². The van der Waals surface area contributed by atoms with Gasteiger partial charge in [-0.25, -0.2) is 4.79 Å². The van der Waals surface area contributed by atoms with Gasteiger partial charge in [0.05, 0.1) is 11.6 Å². The smallest absolute Gasteiger partial charge is 0.375 e. The van der Waals surface area contributed by atoms with Gasteiger partial charge < -0.3 is 14.8 Å². The van der Waals surface area contributed by atoms with Gasteiger partial charge in [-0.2, -0.15) is 0 Å². The molecule has 0 aliphatic carbocycles. The lowest BCUT2D eigenvalue weighted by Gasteiger charge is -2.11. The van der Waals surface area contributed by atoms with Crippen LogP contribution in [0.4, 0.5) is 0 Å². The maximum absolute atomic E-state index is 11.9. The Hall–Kier alpha value is -2.27. The maximum Gasteiger partial charge on any atom is 0.375 e. The summed E-state index contributed by atoms with van der Waals surface area (Å²) in [5, 5.41) is 3.06. The summed E-state index contributed by atoms with van der Waals surface area (Å²) in [5.41, 5.74) is 2.19. The van der Waals surface area contributed by atoms with E-state index in [0.29, 0.717) is 12.3 Å². The van der Waals surface area contributed by atoms with Crippen LogP contribution in [0.2, 0.25) is 0 Å². The molecule has 0 aliphatic heterocycles. The maximum atomic E-state index is 11.9. The highest BCUT2D eigenvalue weighted by atomic mass is 79.9. The van der Waals surface area contributed by atoms with Crippen LogP contribution in [-0.2, 0) is 16.1 Å². The second-order valence-corrected chi connectivity index (χ2v) is 5.76. The molecule has 0 heterocycles. The number of aryl methyl sites for hydroxylation is 1. The van der Waals surface area contributed by atoms with Gasteiger partial charge in [-0.1, -0.05) is 36.4 Å². The molecular weight excluding hydrogens is 358 g/mol. The van der Waals surface area contributed by atoms with E-state index in [1.165, 1.54) is 13.3 Å². The average Bonchev–Trinajstić information content (AvgIpc) is 2.56. The average molecular weight is 376 g/mol. The number of nitrogens with one attached hydrogen (secondary N) is 1. The molecule has 0 spiro atoms. The van der Waals surface area contributed by atoms with Crippen molar-refractivity contribution in [1.29, 1.82) is 0 Å². The fraction of sp³-hybridized carbons (Fsp3) is 0.167. The van der Waals surface area contributed by atoms with Crippen LogP contribution in [-0.4, -0.2) is 13.1 Å². The number of rotatable bonds is 6. The number of esters is 1. The number of hydrogen-bond acceptors (Lipinski definition) is 4. The predicted octanol–water partition coefficient (Wildman–Crippen LogP) is 3.94. The third-order valence-corrected chi connectivity index (χ3v) is 3.70. The SMILES string of the molecule is COC(=O)/C(=C\NCc1ccccc1)Oc1ccc(C)cc1Br. The molecule has 4 nitrogen and oxygen atoms in total. The summed E-state index contributed by atoms with van der Waals surface area (Å²) in [7, 11) is 1.32. The highest BCUT2D eigenvalue weighted by molar-refractivity contribution is 9.10. The number of halogens is 1. The van der Waals surface area contributed by atoms with Gasteiger partial charge in [-0.15, -0.1) is 0 Å². The normalized spacial score (nSPS) is 11.0. The second kappa shape index (κ2) is 8.39. The zero-order chi connectivity index (χ0) is 16.7. The molecule has 0 aliphatic rings.